The lowest BCUT2D eigenvalue weighted by molar-refractivity contribution is 0.168. The lowest BCUT2D eigenvalue weighted by Crippen LogP contribution is -2.13. The Hall–Kier alpha value is -1.58. The average Bonchev–Trinajstić information content (AvgIpc) is 2.06. The summed E-state index contributed by atoms with van der Waals surface area (Å²) in [5.74, 6) is 0.496. The minimum Gasteiger partial charge on any atom is -0.450 e. The second kappa shape index (κ2) is 4.33. The minimum atomic E-state index is -0.476. The number of hydrogen-bond acceptors (Lipinski definition) is 3. The fraction of sp³-hybridized carbons (Fsp3) is 0.250. The summed E-state index contributed by atoms with van der Waals surface area (Å²) in [5.41, 5.74) is 0. The number of hydrogen-bond donors (Lipinski definition) is 1. The number of anilines is 1. The number of nitrogens with one attached hydrogen (secondary N) is 1. The van der Waals surface area contributed by atoms with E-state index in [4.69, 9.17) is 0 Å². The van der Waals surface area contributed by atoms with Crippen molar-refractivity contribution in [3.63, 3.8) is 0 Å². The van der Waals surface area contributed by atoms with Gasteiger partial charge in [0.15, 0.2) is 0 Å². The minimum absolute atomic E-state index is 0.360. The van der Waals surface area contributed by atoms with Crippen LogP contribution in [0.5, 0.6) is 0 Å². The Morgan fingerprint density at radius 2 is 2.50 bits per heavy atom. The molecule has 4 heteroatoms. The van der Waals surface area contributed by atoms with Crippen LogP contribution in [0.25, 0.3) is 0 Å². The average molecular weight is 166 g/mol. The van der Waals surface area contributed by atoms with Gasteiger partial charge in [-0.1, -0.05) is 6.07 Å². The molecular weight excluding hydrogens is 156 g/mol. The van der Waals surface area contributed by atoms with Crippen molar-refractivity contribution in [1.29, 1.82) is 0 Å². The molecule has 0 saturated heterocycles. The Morgan fingerprint density at radius 3 is 3.08 bits per heavy atom. The molecule has 0 fully saturated rings. The summed E-state index contributed by atoms with van der Waals surface area (Å²) in [4.78, 5) is 14.7. The van der Waals surface area contributed by atoms with E-state index < -0.39 is 6.09 Å². The summed E-state index contributed by atoms with van der Waals surface area (Å²) in [5, 5.41) is 2.47. The fourth-order valence-electron chi connectivity index (χ4n) is 0.708. The Labute approximate surface area is 70.6 Å². The number of rotatable bonds is 2. The molecule has 1 amide bonds. The maximum Gasteiger partial charge on any atom is 0.412 e. The standard InChI is InChI=1S/C8H10N2O2/c1-2-12-8(11)10-7-5-3-4-6-9-7/h3-6H,2H2,1H3,(H,9,10,11). The molecule has 1 aromatic rings. The molecule has 4 nitrogen and oxygen atoms in total. The van der Waals surface area contributed by atoms with Gasteiger partial charge in [-0.2, -0.15) is 0 Å². The third kappa shape index (κ3) is 2.57. The van der Waals surface area contributed by atoms with E-state index >= 15 is 0 Å². The zero-order valence-corrected chi connectivity index (χ0v) is 6.78. The first kappa shape index (κ1) is 8.52. The first-order valence-electron chi connectivity index (χ1n) is 3.67. The number of carbonyl (C=O) groups excluding carboxylic acids is 1. The monoisotopic (exact) mass is 166 g/mol. The van der Waals surface area contributed by atoms with Crippen LogP contribution in [0.4, 0.5) is 10.6 Å². The number of aromatic nitrogens is 1. The first-order valence-corrected chi connectivity index (χ1v) is 3.67. The number of carbonyl (C=O) groups is 1. The molecule has 0 radical (unpaired) electrons. The van der Waals surface area contributed by atoms with E-state index in [1.807, 2.05) is 0 Å². The first-order chi connectivity index (χ1) is 5.83. The molecule has 64 valence electrons. The fourth-order valence-corrected chi connectivity index (χ4v) is 0.708. The van der Waals surface area contributed by atoms with E-state index in [1.165, 1.54) is 0 Å². The summed E-state index contributed by atoms with van der Waals surface area (Å²) >= 11 is 0. The highest BCUT2D eigenvalue weighted by molar-refractivity contribution is 5.83. The van der Waals surface area contributed by atoms with E-state index in [9.17, 15) is 4.79 Å². The highest BCUT2D eigenvalue weighted by atomic mass is 16.5. The molecule has 0 saturated carbocycles. The molecule has 0 atom stereocenters. The maximum absolute atomic E-state index is 10.8. The molecular formula is C8H10N2O2. The predicted octanol–water partition coefficient (Wildman–Crippen LogP) is 1.65. The molecule has 1 N–H and O–H groups in total. The van der Waals surface area contributed by atoms with Crippen molar-refractivity contribution in [1.82, 2.24) is 4.98 Å². The third-order valence-corrected chi connectivity index (χ3v) is 1.17. The normalized spacial score (nSPS) is 9.08. The van der Waals surface area contributed by atoms with Crippen LogP contribution in [0.3, 0.4) is 0 Å². The van der Waals surface area contributed by atoms with Crippen molar-refractivity contribution >= 4 is 11.9 Å². The van der Waals surface area contributed by atoms with Gasteiger partial charge in [0.25, 0.3) is 0 Å². The van der Waals surface area contributed by atoms with Gasteiger partial charge in [0.1, 0.15) is 5.82 Å². The van der Waals surface area contributed by atoms with E-state index in [1.54, 1.807) is 31.3 Å². The Balaban J connectivity index is 2.47. The smallest absolute Gasteiger partial charge is 0.412 e. The largest absolute Gasteiger partial charge is 0.450 e. The van der Waals surface area contributed by atoms with Crippen molar-refractivity contribution < 1.29 is 9.53 Å². The van der Waals surface area contributed by atoms with Gasteiger partial charge in [-0.3, -0.25) is 5.32 Å². The summed E-state index contributed by atoms with van der Waals surface area (Å²) < 4.78 is 4.66. The van der Waals surface area contributed by atoms with Crippen LogP contribution in [-0.4, -0.2) is 17.7 Å². The maximum atomic E-state index is 10.8. The lowest BCUT2D eigenvalue weighted by atomic mass is 10.5. The molecule has 0 aliphatic rings. The zero-order valence-electron chi connectivity index (χ0n) is 6.78. The van der Waals surface area contributed by atoms with E-state index in [2.05, 4.69) is 15.0 Å². The molecule has 0 aliphatic carbocycles. The number of nitrogens with zero attached hydrogens (tertiary/aromatic N) is 1. The van der Waals surface area contributed by atoms with Gasteiger partial charge >= 0.3 is 6.09 Å². The van der Waals surface area contributed by atoms with Crippen LogP contribution in [0.1, 0.15) is 6.92 Å². The van der Waals surface area contributed by atoms with E-state index in [0.717, 1.165) is 0 Å². The van der Waals surface area contributed by atoms with Gasteiger partial charge in [-0.25, -0.2) is 9.78 Å². The second-order valence-electron chi connectivity index (χ2n) is 2.06. The summed E-state index contributed by atoms with van der Waals surface area (Å²) in [6.07, 6.45) is 1.12. The SMILES string of the molecule is CCOC(=O)Nc1ccccn1. The van der Waals surface area contributed by atoms with Crippen LogP contribution in [0.2, 0.25) is 0 Å². The predicted molar refractivity (Wildman–Crippen MR) is 44.9 cm³/mol. The van der Waals surface area contributed by atoms with E-state index in [0.29, 0.717) is 12.4 Å². The molecule has 1 rings (SSSR count). The Bertz CT molecular complexity index is 248. The molecule has 1 aromatic heterocycles. The number of amides is 1. The van der Waals surface area contributed by atoms with Crippen molar-refractivity contribution in [2.45, 2.75) is 6.92 Å². The van der Waals surface area contributed by atoms with Crippen molar-refractivity contribution in [3.8, 4) is 0 Å². The molecule has 0 aromatic carbocycles. The molecule has 12 heavy (non-hydrogen) atoms. The molecule has 1 heterocycles. The van der Waals surface area contributed by atoms with E-state index in [-0.39, 0.29) is 0 Å². The topological polar surface area (TPSA) is 51.2 Å². The van der Waals surface area contributed by atoms with Gasteiger partial charge in [0, 0.05) is 6.20 Å². The summed E-state index contributed by atoms with van der Waals surface area (Å²) in [6.45, 7) is 2.11. The Morgan fingerprint density at radius 1 is 1.67 bits per heavy atom. The molecule has 0 aliphatic heterocycles. The van der Waals surface area contributed by atoms with Gasteiger partial charge in [-0.15, -0.1) is 0 Å². The van der Waals surface area contributed by atoms with Crippen LogP contribution in [0.15, 0.2) is 24.4 Å². The van der Waals surface area contributed by atoms with Crippen molar-refractivity contribution in [3.05, 3.63) is 24.4 Å². The van der Waals surface area contributed by atoms with Crippen molar-refractivity contribution in [2.75, 3.05) is 11.9 Å². The van der Waals surface area contributed by atoms with Crippen molar-refractivity contribution in [2.24, 2.45) is 0 Å². The quantitative estimate of drug-likeness (QED) is 0.726. The van der Waals surface area contributed by atoms with Gasteiger partial charge < -0.3 is 4.74 Å². The number of pyridine rings is 1. The Kier molecular flexibility index (Phi) is 3.07. The number of ether oxygens (including phenoxy) is 1. The van der Waals surface area contributed by atoms with Crippen LogP contribution in [0, 0.1) is 0 Å². The zero-order chi connectivity index (χ0) is 8.81. The third-order valence-electron chi connectivity index (χ3n) is 1.17. The summed E-state index contributed by atoms with van der Waals surface area (Å²) in [7, 11) is 0. The summed E-state index contributed by atoms with van der Waals surface area (Å²) in [6, 6.07) is 5.25. The highest BCUT2D eigenvalue weighted by Gasteiger charge is 2.00. The van der Waals surface area contributed by atoms with Gasteiger partial charge in [0.05, 0.1) is 6.61 Å². The molecule has 0 spiro atoms. The molecule has 0 bridgehead atoms. The highest BCUT2D eigenvalue weighted by Crippen LogP contribution is 1.99. The lowest BCUT2D eigenvalue weighted by Gasteiger charge is -2.02. The van der Waals surface area contributed by atoms with Gasteiger partial charge in [0.2, 0.25) is 0 Å². The van der Waals surface area contributed by atoms with Crippen LogP contribution in [-0.2, 0) is 4.74 Å². The van der Waals surface area contributed by atoms with Crippen LogP contribution >= 0.6 is 0 Å². The molecule has 0 unspecified atom stereocenters. The van der Waals surface area contributed by atoms with Crippen LogP contribution < -0.4 is 5.32 Å². The van der Waals surface area contributed by atoms with Gasteiger partial charge in [-0.05, 0) is 19.1 Å². The second-order valence-corrected chi connectivity index (χ2v) is 2.06.